The molecule has 1 aliphatic heterocycles. The molecule has 0 amide bonds. The second-order valence-electron chi connectivity index (χ2n) is 5.26. The van der Waals surface area contributed by atoms with E-state index in [0.717, 1.165) is 6.07 Å². The summed E-state index contributed by atoms with van der Waals surface area (Å²) >= 11 is 7.37. The molecule has 0 aliphatic carbocycles. The van der Waals surface area contributed by atoms with Crippen molar-refractivity contribution in [2.24, 2.45) is 0 Å². The Balaban J connectivity index is 2.46. The summed E-state index contributed by atoms with van der Waals surface area (Å²) in [6.07, 6.45) is 0. The van der Waals surface area contributed by atoms with Gasteiger partial charge in [0.05, 0.1) is 5.02 Å². The molecule has 2 N–H and O–H groups in total. The number of hydrogen-bond acceptors (Lipinski definition) is 4. The van der Waals surface area contributed by atoms with E-state index in [4.69, 9.17) is 17.3 Å². The smallest absolute Gasteiger partial charge is 0.246 e. The normalized spacial score (nSPS) is 20.0. The van der Waals surface area contributed by atoms with Crippen LogP contribution in [0.5, 0.6) is 0 Å². The molecule has 0 aromatic heterocycles. The van der Waals surface area contributed by atoms with Crippen LogP contribution in [0.2, 0.25) is 5.02 Å². The summed E-state index contributed by atoms with van der Waals surface area (Å²) in [4.78, 5) is -0.454. The molecule has 1 aliphatic rings. The van der Waals surface area contributed by atoms with Crippen LogP contribution < -0.4 is 5.73 Å². The Morgan fingerprint density at radius 3 is 2.70 bits per heavy atom. The van der Waals surface area contributed by atoms with Crippen LogP contribution in [0.3, 0.4) is 0 Å². The minimum atomic E-state index is -3.93. The van der Waals surface area contributed by atoms with Crippen molar-refractivity contribution < 1.29 is 12.8 Å². The lowest BCUT2D eigenvalue weighted by atomic mass is 10.2. The molecule has 4 nitrogen and oxygen atoms in total. The van der Waals surface area contributed by atoms with Crippen LogP contribution in [-0.2, 0) is 10.0 Å². The number of halogens is 2. The number of thioether (sulfide) groups is 1. The highest BCUT2D eigenvalue weighted by Gasteiger charge is 2.36. The van der Waals surface area contributed by atoms with Crippen LogP contribution in [0.25, 0.3) is 0 Å². The number of nitrogen functional groups attached to an aromatic ring is 1. The Bertz CT molecular complexity index is 635. The summed E-state index contributed by atoms with van der Waals surface area (Å²) in [7, 11) is -3.93. The predicted molar refractivity (Wildman–Crippen MR) is 81.1 cm³/mol. The molecule has 0 saturated carbocycles. The van der Waals surface area contributed by atoms with Crippen LogP contribution in [0, 0.1) is 5.82 Å². The quantitative estimate of drug-likeness (QED) is 0.842. The third-order valence-corrected chi connectivity index (χ3v) is 6.44. The van der Waals surface area contributed by atoms with Gasteiger partial charge in [0.1, 0.15) is 4.90 Å². The van der Waals surface area contributed by atoms with Crippen molar-refractivity contribution in [1.82, 2.24) is 4.31 Å². The predicted octanol–water partition coefficient (Wildman–Crippen LogP) is 2.58. The highest BCUT2D eigenvalue weighted by Crippen LogP contribution is 2.34. The van der Waals surface area contributed by atoms with Crippen molar-refractivity contribution in [2.45, 2.75) is 23.5 Å². The fourth-order valence-electron chi connectivity index (χ4n) is 2.09. The summed E-state index contributed by atoms with van der Waals surface area (Å²) < 4.78 is 40.2. The van der Waals surface area contributed by atoms with Gasteiger partial charge in [0.15, 0.2) is 5.82 Å². The fourth-order valence-corrected chi connectivity index (χ4v) is 5.41. The maximum atomic E-state index is 14.0. The first-order valence-electron chi connectivity index (χ1n) is 6.02. The van der Waals surface area contributed by atoms with Crippen molar-refractivity contribution in [1.29, 1.82) is 0 Å². The molecule has 0 radical (unpaired) electrons. The summed E-state index contributed by atoms with van der Waals surface area (Å²) in [5.41, 5.74) is 5.70. The summed E-state index contributed by atoms with van der Waals surface area (Å²) in [6, 6.07) is 2.32. The van der Waals surface area contributed by atoms with E-state index in [1.807, 2.05) is 13.8 Å². The Labute approximate surface area is 127 Å². The number of nitrogens with zero attached hydrogens (tertiary/aromatic N) is 1. The van der Waals surface area contributed by atoms with Gasteiger partial charge >= 0.3 is 0 Å². The molecule has 0 unspecified atom stereocenters. The molecule has 2 rings (SSSR count). The van der Waals surface area contributed by atoms with E-state index in [0.29, 0.717) is 18.8 Å². The first kappa shape index (κ1) is 15.9. The van der Waals surface area contributed by atoms with Crippen molar-refractivity contribution in [3.63, 3.8) is 0 Å². The van der Waals surface area contributed by atoms with Crippen molar-refractivity contribution in [2.75, 3.05) is 24.6 Å². The average Bonchev–Trinajstić information content (AvgIpc) is 2.32. The van der Waals surface area contributed by atoms with E-state index in [1.54, 1.807) is 11.8 Å². The van der Waals surface area contributed by atoms with Crippen molar-refractivity contribution in [3.8, 4) is 0 Å². The Morgan fingerprint density at radius 1 is 1.45 bits per heavy atom. The lowest BCUT2D eigenvalue weighted by molar-refractivity contribution is 0.385. The molecule has 1 heterocycles. The second kappa shape index (κ2) is 5.36. The zero-order valence-electron chi connectivity index (χ0n) is 11.2. The van der Waals surface area contributed by atoms with Crippen LogP contribution in [0.4, 0.5) is 10.1 Å². The summed E-state index contributed by atoms with van der Waals surface area (Å²) in [5, 5.41) is -0.283. The standard InChI is InChI=1S/C12H16ClFN2O2S2/c1-12(2)7-16(3-4-19-12)20(17,18)10-6-8(15)5-9(13)11(10)14/h5-6H,3-4,7,15H2,1-2H3. The molecule has 1 aromatic rings. The highest BCUT2D eigenvalue weighted by atomic mass is 35.5. The van der Waals surface area contributed by atoms with E-state index >= 15 is 0 Å². The Morgan fingerprint density at radius 2 is 2.10 bits per heavy atom. The summed E-state index contributed by atoms with van der Waals surface area (Å²) in [5.74, 6) is -0.277. The summed E-state index contributed by atoms with van der Waals surface area (Å²) in [6.45, 7) is 4.60. The average molecular weight is 339 g/mol. The van der Waals surface area contributed by atoms with Gasteiger partial charge in [-0.3, -0.25) is 0 Å². The number of sulfonamides is 1. The molecule has 8 heteroatoms. The third kappa shape index (κ3) is 3.05. The number of benzene rings is 1. The van der Waals surface area contributed by atoms with Crippen LogP contribution >= 0.6 is 23.4 Å². The fraction of sp³-hybridized carbons (Fsp3) is 0.500. The topological polar surface area (TPSA) is 63.4 Å². The van der Waals surface area contributed by atoms with E-state index in [-0.39, 0.29) is 15.5 Å². The van der Waals surface area contributed by atoms with E-state index in [2.05, 4.69) is 0 Å². The maximum absolute atomic E-state index is 14.0. The first-order valence-corrected chi connectivity index (χ1v) is 8.82. The molecule has 0 bridgehead atoms. The largest absolute Gasteiger partial charge is 0.399 e. The van der Waals surface area contributed by atoms with Gasteiger partial charge < -0.3 is 5.73 Å². The monoisotopic (exact) mass is 338 g/mol. The second-order valence-corrected chi connectivity index (χ2v) is 9.38. The number of hydrogen-bond donors (Lipinski definition) is 1. The Kier molecular flexibility index (Phi) is 4.26. The molecule has 1 saturated heterocycles. The van der Waals surface area contributed by atoms with Crippen molar-refractivity contribution >= 4 is 39.1 Å². The zero-order chi connectivity index (χ0) is 15.1. The molecule has 1 fully saturated rings. The molecule has 112 valence electrons. The molecule has 20 heavy (non-hydrogen) atoms. The lowest BCUT2D eigenvalue weighted by Gasteiger charge is -2.36. The van der Waals surface area contributed by atoms with Gasteiger partial charge in [0, 0.05) is 29.3 Å². The molecule has 0 spiro atoms. The van der Waals surface area contributed by atoms with Gasteiger partial charge in [0.25, 0.3) is 0 Å². The number of anilines is 1. The third-order valence-electron chi connectivity index (χ3n) is 3.03. The van der Waals surface area contributed by atoms with Crippen molar-refractivity contribution in [3.05, 3.63) is 23.0 Å². The zero-order valence-corrected chi connectivity index (χ0v) is 13.6. The molecule has 1 aromatic carbocycles. The highest BCUT2D eigenvalue weighted by molar-refractivity contribution is 8.00. The minimum absolute atomic E-state index is 0.126. The van der Waals surface area contributed by atoms with Gasteiger partial charge in [-0.1, -0.05) is 11.6 Å². The van der Waals surface area contributed by atoms with E-state index in [9.17, 15) is 12.8 Å². The number of rotatable bonds is 2. The number of nitrogens with two attached hydrogens (primary N) is 1. The van der Waals surface area contributed by atoms with Gasteiger partial charge in [-0.05, 0) is 26.0 Å². The van der Waals surface area contributed by atoms with Gasteiger partial charge in [0.2, 0.25) is 10.0 Å². The van der Waals surface area contributed by atoms with Crippen LogP contribution in [-0.4, -0.2) is 36.3 Å². The van der Waals surface area contributed by atoms with Crippen LogP contribution in [0.15, 0.2) is 17.0 Å². The SMILES string of the molecule is CC1(C)CN(S(=O)(=O)c2cc(N)cc(Cl)c2F)CCS1. The van der Waals surface area contributed by atoms with Crippen LogP contribution in [0.1, 0.15) is 13.8 Å². The molecular weight excluding hydrogens is 323 g/mol. The Hall–Kier alpha value is -0.500. The maximum Gasteiger partial charge on any atom is 0.246 e. The lowest BCUT2D eigenvalue weighted by Crippen LogP contribution is -2.46. The van der Waals surface area contributed by atoms with Gasteiger partial charge in [-0.2, -0.15) is 16.1 Å². The molecule has 0 atom stereocenters. The van der Waals surface area contributed by atoms with Gasteiger partial charge in [-0.25, -0.2) is 12.8 Å². The molecular formula is C12H16ClFN2O2S2. The van der Waals surface area contributed by atoms with Gasteiger partial charge in [-0.15, -0.1) is 0 Å². The van der Waals surface area contributed by atoms with E-state index in [1.165, 1.54) is 10.4 Å². The minimum Gasteiger partial charge on any atom is -0.399 e. The van der Waals surface area contributed by atoms with E-state index < -0.39 is 20.7 Å². The first-order chi connectivity index (χ1) is 9.13.